The smallest absolute Gasteiger partial charge is 0.126 e. The average Bonchev–Trinajstić information content (AvgIpc) is 2.39. The van der Waals surface area contributed by atoms with Gasteiger partial charge in [0.25, 0.3) is 0 Å². The van der Waals surface area contributed by atoms with Gasteiger partial charge in [0, 0.05) is 6.54 Å². The molecule has 0 aliphatic carbocycles. The van der Waals surface area contributed by atoms with Gasteiger partial charge >= 0.3 is 0 Å². The normalized spacial score (nSPS) is 10.5. The maximum Gasteiger partial charge on any atom is 0.126 e. The molecule has 0 bridgehead atoms. The summed E-state index contributed by atoms with van der Waals surface area (Å²) < 4.78 is 31.9. The van der Waals surface area contributed by atoms with Gasteiger partial charge in [-0.15, -0.1) is 0 Å². The molecule has 0 aliphatic rings. The highest BCUT2D eigenvalue weighted by molar-refractivity contribution is 5.30. The summed E-state index contributed by atoms with van der Waals surface area (Å²) in [4.78, 5) is 0. The van der Waals surface area contributed by atoms with Crippen molar-refractivity contribution in [2.24, 2.45) is 5.73 Å². The van der Waals surface area contributed by atoms with Gasteiger partial charge in [-0.3, -0.25) is 0 Å². The van der Waals surface area contributed by atoms with E-state index >= 15 is 0 Å². The zero-order valence-corrected chi connectivity index (χ0v) is 10.6. The molecule has 2 nitrogen and oxygen atoms in total. The van der Waals surface area contributed by atoms with Crippen molar-refractivity contribution in [3.05, 3.63) is 64.7 Å². The van der Waals surface area contributed by atoms with Crippen LogP contribution < -0.4 is 10.5 Å². The molecule has 0 heterocycles. The number of hydrogen-bond acceptors (Lipinski definition) is 2. The van der Waals surface area contributed by atoms with Gasteiger partial charge in [0.1, 0.15) is 24.0 Å². The van der Waals surface area contributed by atoms with Gasteiger partial charge in [0.05, 0.1) is 0 Å². The van der Waals surface area contributed by atoms with Crippen molar-refractivity contribution < 1.29 is 13.5 Å². The molecule has 0 aromatic heterocycles. The zero-order chi connectivity index (χ0) is 13.8. The van der Waals surface area contributed by atoms with Crippen LogP contribution in [0.5, 0.6) is 5.75 Å². The second-order valence-corrected chi connectivity index (χ2v) is 4.37. The van der Waals surface area contributed by atoms with E-state index in [0.717, 1.165) is 0 Å². The van der Waals surface area contributed by atoms with E-state index in [1.165, 1.54) is 18.2 Å². The van der Waals surface area contributed by atoms with E-state index in [4.69, 9.17) is 10.5 Å². The average molecular weight is 263 g/mol. The van der Waals surface area contributed by atoms with Crippen LogP contribution in [0.3, 0.4) is 0 Å². The first-order chi connectivity index (χ1) is 9.08. The van der Waals surface area contributed by atoms with E-state index in [9.17, 15) is 8.78 Å². The van der Waals surface area contributed by atoms with E-state index in [0.29, 0.717) is 22.4 Å². The number of nitrogens with two attached hydrogens (primary N) is 1. The van der Waals surface area contributed by atoms with Crippen LogP contribution in [0.4, 0.5) is 8.78 Å². The third-order valence-electron chi connectivity index (χ3n) is 2.79. The van der Waals surface area contributed by atoms with Crippen LogP contribution in [-0.4, -0.2) is 0 Å². The molecule has 100 valence electrons. The largest absolute Gasteiger partial charge is 0.489 e. The van der Waals surface area contributed by atoms with Crippen LogP contribution in [0.15, 0.2) is 36.4 Å². The summed E-state index contributed by atoms with van der Waals surface area (Å²) in [6.45, 7) is 2.16. The summed E-state index contributed by atoms with van der Waals surface area (Å²) in [5.74, 6) is -0.0576. The molecule has 0 radical (unpaired) electrons. The van der Waals surface area contributed by atoms with E-state index in [2.05, 4.69) is 0 Å². The Kier molecular flexibility index (Phi) is 4.12. The first-order valence-corrected chi connectivity index (χ1v) is 5.96. The van der Waals surface area contributed by atoms with Crippen LogP contribution in [-0.2, 0) is 13.2 Å². The van der Waals surface area contributed by atoms with E-state index in [-0.39, 0.29) is 24.8 Å². The zero-order valence-electron chi connectivity index (χ0n) is 10.6. The maximum absolute atomic E-state index is 13.3. The molecule has 0 unspecified atom stereocenters. The van der Waals surface area contributed by atoms with Gasteiger partial charge in [0.15, 0.2) is 0 Å². The lowest BCUT2D eigenvalue weighted by atomic mass is 10.1. The summed E-state index contributed by atoms with van der Waals surface area (Å²) in [6.07, 6.45) is 0. The number of aryl methyl sites for hydroxylation is 1. The van der Waals surface area contributed by atoms with E-state index in [1.807, 2.05) is 0 Å². The number of benzene rings is 2. The minimum Gasteiger partial charge on any atom is -0.489 e. The lowest BCUT2D eigenvalue weighted by Crippen LogP contribution is -2.01. The Hall–Kier alpha value is -1.94. The Bertz CT molecular complexity index is 584. The third-order valence-corrected chi connectivity index (χ3v) is 2.79. The van der Waals surface area contributed by atoms with Gasteiger partial charge in [-0.2, -0.15) is 0 Å². The van der Waals surface area contributed by atoms with Gasteiger partial charge in [-0.05, 0) is 53.9 Å². The quantitative estimate of drug-likeness (QED) is 0.918. The van der Waals surface area contributed by atoms with Crippen LogP contribution in [0.2, 0.25) is 0 Å². The summed E-state index contributed by atoms with van der Waals surface area (Å²) in [5.41, 5.74) is 7.41. The Morgan fingerprint density at radius 2 is 1.79 bits per heavy atom. The molecule has 0 spiro atoms. The molecule has 2 aromatic rings. The predicted molar refractivity (Wildman–Crippen MR) is 69.8 cm³/mol. The maximum atomic E-state index is 13.3. The Labute approximate surface area is 110 Å². The number of rotatable bonds is 4. The monoisotopic (exact) mass is 263 g/mol. The van der Waals surface area contributed by atoms with Crippen molar-refractivity contribution in [1.29, 1.82) is 0 Å². The highest BCUT2D eigenvalue weighted by Gasteiger charge is 2.03. The fourth-order valence-electron chi connectivity index (χ4n) is 1.79. The van der Waals surface area contributed by atoms with Gasteiger partial charge in [-0.1, -0.05) is 6.07 Å². The van der Waals surface area contributed by atoms with Crippen molar-refractivity contribution in [1.82, 2.24) is 0 Å². The standard InChI is InChI=1S/C15H15F2NO/c1-10-4-14(2-3-15(10)17)19-9-12-5-11(8-18)6-13(16)7-12/h2-7H,8-9,18H2,1H3. The second-order valence-electron chi connectivity index (χ2n) is 4.37. The number of halogens is 2. The Morgan fingerprint density at radius 1 is 1.05 bits per heavy atom. The lowest BCUT2D eigenvalue weighted by Gasteiger charge is -2.09. The molecule has 0 amide bonds. The highest BCUT2D eigenvalue weighted by atomic mass is 19.1. The summed E-state index contributed by atoms with van der Waals surface area (Å²) >= 11 is 0. The van der Waals surface area contributed by atoms with E-state index in [1.54, 1.807) is 25.1 Å². The molecule has 2 rings (SSSR count). The molecule has 2 N–H and O–H groups in total. The number of hydrogen-bond donors (Lipinski definition) is 1. The Balaban J connectivity index is 2.09. The number of ether oxygens (including phenoxy) is 1. The second kappa shape index (κ2) is 5.80. The molecule has 0 saturated heterocycles. The molecule has 0 aliphatic heterocycles. The summed E-state index contributed by atoms with van der Waals surface area (Å²) in [6, 6.07) is 9.09. The molecular weight excluding hydrogens is 248 g/mol. The van der Waals surface area contributed by atoms with Crippen molar-refractivity contribution >= 4 is 0 Å². The fourth-order valence-corrected chi connectivity index (χ4v) is 1.79. The molecule has 2 aromatic carbocycles. The van der Waals surface area contributed by atoms with Crippen LogP contribution >= 0.6 is 0 Å². The topological polar surface area (TPSA) is 35.2 Å². The molecule has 19 heavy (non-hydrogen) atoms. The molecule has 0 fully saturated rings. The van der Waals surface area contributed by atoms with E-state index < -0.39 is 0 Å². The Morgan fingerprint density at radius 3 is 2.47 bits per heavy atom. The summed E-state index contributed by atoms with van der Waals surface area (Å²) in [7, 11) is 0. The van der Waals surface area contributed by atoms with Crippen molar-refractivity contribution in [2.75, 3.05) is 0 Å². The van der Waals surface area contributed by atoms with Gasteiger partial charge in [-0.25, -0.2) is 8.78 Å². The molecular formula is C15H15F2NO. The molecule has 0 atom stereocenters. The minimum atomic E-state index is -0.336. The first-order valence-electron chi connectivity index (χ1n) is 5.96. The molecule has 0 saturated carbocycles. The lowest BCUT2D eigenvalue weighted by molar-refractivity contribution is 0.304. The van der Waals surface area contributed by atoms with Crippen molar-refractivity contribution in [2.45, 2.75) is 20.1 Å². The van der Waals surface area contributed by atoms with Gasteiger partial charge in [0.2, 0.25) is 0 Å². The van der Waals surface area contributed by atoms with Gasteiger partial charge < -0.3 is 10.5 Å². The SMILES string of the molecule is Cc1cc(OCc2cc(F)cc(CN)c2)ccc1F. The predicted octanol–water partition coefficient (Wildman–Crippen LogP) is 3.31. The van der Waals surface area contributed by atoms with Crippen LogP contribution in [0, 0.1) is 18.6 Å². The van der Waals surface area contributed by atoms with Crippen LogP contribution in [0.25, 0.3) is 0 Å². The highest BCUT2D eigenvalue weighted by Crippen LogP contribution is 2.18. The third kappa shape index (κ3) is 3.51. The van der Waals surface area contributed by atoms with Crippen molar-refractivity contribution in [3.8, 4) is 5.75 Å². The minimum absolute atomic E-state index is 0.218. The summed E-state index contributed by atoms with van der Waals surface area (Å²) in [5, 5.41) is 0. The van der Waals surface area contributed by atoms with Crippen LogP contribution in [0.1, 0.15) is 16.7 Å². The fraction of sp³-hybridized carbons (Fsp3) is 0.200. The van der Waals surface area contributed by atoms with Crippen molar-refractivity contribution in [3.63, 3.8) is 0 Å². The molecule has 4 heteroatoms. The first kappa shape index (κ1) is 13.5.